The molecule has 0 unspecified atom stereocenters. The molecule has 0 saturated heterocycles. The number of alkyl halides is 1. The maximum absolute atomic E-state index is 10.8. The molecule has 0 heterocycles. The molecule has 154 valence electrons. The summed E-state index contributed by atoms with van der Waals surface area (Å²) < 4.78 is 5.85. The van der Waals surface area contributed by atoms with Crippen LogP contribution in [0.4, 0.5) is 0 Å². The van der Waals surface area contributed by atoms with Crippen molar-refractivity contribution in [3.63, 3.8) is 0 Å². The van der Waals surface area contributed by atoms with E-state index in [2.05, 4.69) is 79.7 Å². The van der Waals surface area contributed by atoms with Crippen molar-refractivity contribution < 1.29 is 9.84 Å². The lowest BCUT2D eigenvalue weighted by Gasteiger charge is -2.22. The Labute approximate surface area is 175 Å². The van der Waals surface area contributed by atoms with Gasteiger partial charge in [0.2, 0.25) is 0 Å². The highest BCUT2D eigenvalue weighted by atomic mass is 35.5. The van der Waals surface area contributed by atoms with Crippen molar-refractivity contribution in [1.82, 2.24) is 0 Å². The van der Waals surface area contributed by atoms with E-state index in [1.165, 1.54) is 11.1 Å². The highest BCUT2D eigenvalue weighted by Gasteiger charge is 2.20. The van der Waals surface area contributed by atoms with Crippen molar-refractivity contribution >= 4 is 11.6 Å². The van der Waals surface area contributed by atoms with Gasteiger partial charge < -0.3 is 9.84 Å². The van der Waals surface area contributed by atoms with Gasteiger partial charge in [0.25, 0.3) is 0 Å². The van der Waals surface area contributed by atoms with Crippen molar-refractivity contribution in [2.45, 2.75) is 79.1 Å². The zero-order valence-corrected chi connectivity index (χ0v) is 19.3. The van der Waals surface area contributed by atoms with Gasteiger partial charge in [-0.1, -0.05) is 67.0 Å². The van der Waals surface area contributed by atoms with Crippen molar-refractivity contribution in [1.29, 1.82) is 0 Å². The van der Waals surface area contributed by atoms with Crippen LogP contribution in [-0.4, -0.2) is 11.2 Å². The number of ether oxygens (including phenoxy) is 1. The van der Waals surface area contributed by atoms with Crippen LogP contribution in [0.3, 0.4) is 0 Å². The number of halogens is 1. The molecule has 2 rings (SSSR count). The first kappa shape index (κ1) is 22.6. The molecule has 1 N–H and O–H groups in total. The molecule has 0 bridgehead atoms. The van der Waals surface area contributed by atoms with Crippen LogP contribution in [-0.2, 0) is 0 Å². The highest BCUT2D eigenvalue weighted by Crippen LogP contribution is 2.42. The molecular weight excluding hydrogens is 368 g/mol. The molecule has 28 heavy (non-hydrogen) atoms. The molecule has 0 amide bonds. The quantitative estimate of drug-likeness (QED) is 0.473. The summed E-state index contributed by atoms with van der Waals surface area (Å²) >= 11 is 5.92. The molecule has 0 aliphatic rings. The van der Waals surface area contributed by atoms with Crippen LogP contribution in [0.5, 0.6) is 11.5 Å². The van der Waals surface area contributed by atoms with E-state index in [0.29, 0.717) is 17.6 Å². The Morgan fingerprint density at radius 3 is 1.29 bits per heavy atom. The van der Waals surface area contributed by atoms with Crippen LogP contribution in [0, 0.1) is 0 Å². The van der Waals surface area contributed by atoms with Crippen LogP contribution in [0.25, 0.3) is 11.1 Å². The molecule has 2 aromatic rings. The zero-order valence-electron chi connectivity index (χ0n) is 18.6. The molecule has 0 aliphatic carbocycles. The van der Waals surface area contributed by atoms with Gasteiger partial charge in [-0.25, -0.2) is 0 Å². The minimum absolute atomic E-state index is 0.146. The fraction of sp³-hybridized carbons (Fsp3) is 0.520. The minimum atomic E-state index is 0.146. The molecule has 0 spiro atoms. The Bertz CT molecular complexity index is 761. The first-order valence-corrected chi connectivity index (χ1v) is 10.9. The first-order chi connectivity index (χ1) is 13.1. The van der Waals surface area contributed by atoms with Crippen molar-refractivity contribution in [3.8, 4) is 22.6 Å². The molecule has 0 aliphatic heterocycles. The third-order valence-electron chi connectivity index (χ3n) is 5.34. The standard InChI is InChI=1S/C25H35ClO2/c1-14(2)20-9-18(10-21(15(3)4)24(20)27)19-11-22(16(5)6)25(28-13-26)23(12-19)17(7)8/h9-12,14-17,27H,13H2,1-8H3. The predicted octanol–water partition coefficient (Wildman–Crippen LogP) is 8.13. The maximum Gasteiger partial charge on any atom is 0.162 e. The van der Waals surface area contributed by atoms with Crippen LogP contribution < -0.4 is 4.74 Å². The van der Waals surface area contributed by atoms with Gasteiger partial charge >= 0.3 is 0 Å². The van der Waals surface area contributed by atoms with Gasteiger partial charge in [-0.15, -0.1) is 0 Å². The van der Waals surface area contributed by atoms with Gasteiger partial charge in [0, 0.05) is 0 Å². The lowest BCUT2D eigenvalue weighted by atomic mass is 9.86. The molecular formula is C25H35ClO2. The lowest BCUT2D eigenvalue weighted by molar-refractivity contribution is 0.375. The fourth-order valence-electron chi connectivity index (χ4n) is 3.65. The van der Waals surface area contributed by atoms with Gasteiger partial charge in [0.1, 0.15) is 11.5 Å². The monoisotopic (exact) mass is 402 g/mol. The number of phenols is 1. The van der Waals surface area contributed by atoms with E-state index in [0.717, 1.165) is 28.0 Å². The summed E-state index contributed by atoms with van der Waals surface area (Å²) in [5.74, 6) is 2.50. The van der Waals surface area contributed by atoms with Gasteiger partial charge in [-0.3, -0.25) is 0 Å². The SMILES string of the molecule is CC(C)c1cc(-c2cc(C(C)C)c(OCCl)c(C(C)C)c2)cc(C(C)C)c1O. The van der Waals surface area contributed by atoms with Gasteiger partial charge in [0.05, 0.1) is 0 Å². The second-order valence-electron chi connectivity index (χ2n) is 8.86. The third kappa shape index (κ3) is 4.66. The van der Waals surface area contributed by atoms with E-state index in [4.69, 9.17) is 16.3 Å². The van der Waals surface area contributed by atoms with Gasteiger partial charge in [0.15, 0.2) is 6.07 Å². The zero-order chi connectivity index (χ0) is 21.2. The van der Waals surface area contributed by atoms with Crippen LogP contribution in [0.2, 0.25) is 0 Å². The average Bonchev–Trinajstić information content (AvgIpc) is 2.61. The fourth-order valence-corrected chi connectivity index (χ4v) is 3.76. The summed E-state index contributed by atoms with van der Waals surface area (Å²) in [6.07, 6.45) is 0. The highest BCUT2D eigenvalue weighted by molar-refractivity contribution is 6.17. The smallest absolute Gasteiger partial charge is 0.162 e. The summed E-state index contributed by atoms with van der Waals surface area (Å²) in [5, 5.41) is 10.8. The summed E-state index contributed by atoms with van der Waals surface area (Å²) in [5.41, 5.74) is 6.66. The third-order valence-corrected chi connectivity index (χ3v) is 5.44. The van der Waals surface area contributed by atoms with Crippen molar-refractivity contribution in [2.75, 3.05) is 6.07 Å². The topological polar surface area (TPSA) is 29.5 Å². The van der Waals surface area contributed by atoms with Crippen molar-refractivity contribution in [2.24, 2.45) is 0 Å². The lowest BCUT2D eigenvalue weighted by Crippen LogP contribution is -2.04. The van der Waals surface area contributed by atoms with E-state index < -0.39 is 0 Å². The molecule has 0 saturated carbocycles. The van der Waals surface area contributed by atoms with Crippen molar-refractivity contribution in [3.05, 3.63) is 46.5 Å². The van der Waals surface area contributed by atoms with E-state index in [-0.39, 0.29) is 17.9 Å². The van der Waals surface area contributed by atoms with Gasteiger partial charge in [-0.2, -0.15) is 0 Å². The molecule has 3 heteroatoms. The van der Waals surface area contributed by atoms with Gasteiger partial charge in [-0.05, 0) is 81.3 Å². The predicted molar refractivity (Wildman–Crippen MR) is 121 cm³/mol. The second kappa shape index (κ2) is 9.22. The number of rotatable bonds is 7. The molecule has 0 fully saturated rings. The van der Waals surface area contributed by atoms with E-state index >= 15 is 0 Å². The Balaban J connectivity index is 2.80. The Morgan fingerprint density at radius 2 is 1.00 bits per heavy atom. The molecule has 2 nitrogen and oxygen atoms in total. The summed E-state index contributed by atoms with van der Waals surface area (Å²) in [6, 6.07) is 8.86. The number of hydrogen-bond acceptors (Lipinski definition) is 2. The Morgan fingerprint density at radius 1 is 0.679 bits per heavy atom. The van der Waals surface area contributed by atoms with Crippen LogP contribution >= 0.6 is 11.6 Å². The van der Waals surface area contributed by atoms with Crippen LogP contribution in [0.15, 0.2) is 24.3 Å². The van der Waals surface area contributed by atoms with Crippen LogP contribution in [0.1, 0.15) is 101 Å². The average molecular weight is 403 g/mol. The number of aromatic hydroxyl groups is 1. The molecule has 0 atom stereocenters. The number of benzene rings is 2. The summed E-state index contributed by atoms with van der Waals surface area (Å²) in [7, 11) is 0. The van der Waals surface area contributed by atoms with E-state index in [1.54, 1.807) is 0 Å². The molecule has 0 radical (unpaired) electrons. The number of phenolic OH excluding ortho intramolecular Hbond substituents is 1. The second-order valence-corrected chi connectivity index (χ2v) is 9.08. The molecule has 2 aromatic carbocycles. The Kier molecular flexibility index (Phi) is 7.45. The minimum Gasteiger partial charge on any atom is -0.507 e. The summed E-state index contributed by atoms with van der Waals surface area (Å²) in [4.78, 5) is 0. The largest absolute Gasteiger partial charge is 0.507 e. The number of hydrogen-bond donors (Lipinski definition) is 1. The Hall–Kier alpha value is -1.67. The normalized spacial score (nSPS) is 11.9. The maximum atomic E-state index is 10.8. The summed E-state index contributed by atoms with van der Waals surface area (Å²) in [6.45, 7) is 17.2. The van der Waals surface area contributed by atoms with E-state index in [1.807, 2.05) is 0 Å². The van der Waals surface area contributed by atoms with E-state index in [9.17, 15) is 5.11 Å². The molecule has 0 aromatic heterocycles. The first-order valence-electron chi connectivity index (χ1n) is 10.3.